The van der Waals surface area contributed by atoms with Gasteiger partial charge in [0, 0.05) is 26.1 Å². The zero-order chi connectivity index (χ0) is 35.5. The third-order valence-electron chi connectivity index (χ3n) is 8.16. The number of carboxylic acid groups (broad SMARTS) is 1. The largest absolute Gasteiger partial charge is 0.494 e. The molecule has 0 fully saturated rings. The lowest BCUT2D eigenvalue weighted by Gasteiger charge is -2.41. The van der Waals surface area contributed by atoms with Gasteiger partial charge in [-0.1, -0.05) is 35.5 Å². The number of carbonyl (C=O) groups is 2. The van der Waals surface area contributed by atoms with Gasteiger partial charge in [0.05, 0.1) is 20.1 Å². The van der Waals surface area contributed by atoms with E-state index in [0.29, 0.717) is 46.8 Å². The standard InChI is InChI=1S/C35H45N5O8S/c1-22-20-40(49(44,45)31-13-12-23(16-29(31)47-22)10-8-14-36-34(43)48-35(2,3)4)21-24-9-7-11-25(15-24)27(19-32(41)42)26-17-28-33(30(18-26)46-6)39(5)38-37-28/h7,9,11-13,15-18,22,27,44-45H,8,10,14,19-21H2,1-6H3,(H,36,43)(H,41,42). The van der Waals surface area contributed by atoms with E-state index in [9.17, 15) is 23.8 Å². The second-order valence-corrected chi connectivity index (χ2v) is 15.3. The van der Waals surface area contributed by atoms with E-state index in [-0.39, 0.29) is 25.6 Å². The Morgan fingerprint density at radius 3 is 2.59 bits per heavy atom. The first-order valence-electron chi connectivity index (χ1n) is 16.1. The highest BCUT2D eigenvalue weighted by molar-refractivity contribution is 8.22. The molecular formula is C35H45N5O8S. The molecule has 2 unspecified atom stereocenters. The summed E-state index contributed by atoms with van der Waals surface area (Å²) in [4.78, 5) is 24.3. The first-order valence-corrected chi connectivity index (χ1v) is 17.6. The number of alkyl carbamates (subject to hydrolysis) is 1. The van der Waals surface area contributed by atoms with Gasteiger partial charge in [0.1, 0.15) is 39.1 Å². The summed E-state index contributed by atoms with van der Waals surface area (Å²) >= 11 is 0. The summed E-state index contributed by atoms with van der Waals surface area (Å²) < 4.78 is 43.6. The third kappa shape index (κ3) is 8.63. The molecule has 264 valence electrons. The molecule has 0 bridgehead atoms. The van der Waals surface area contributed by atoms with Crippen molar-refractivity contribution in [3.63, 3.8) is 0 Å². The van der Waals surface area contributed by atoms with Crippen LogP contribution < -0.4 is 14.8 Å². The van der Waals surface area contributed by atoms with Crippen LogP contribution >= 0.6 is 10.8 Å². The molecule has 0 saturated heterocycles. The van der Waals surface area contributed by atoms with Crippen LogP contribution in [0.1, 0.15) is 68.7 Å². The topological polar surface area (TPSA) is 168 Å². The Labute approximate surface area is 287 Å². The number of methoxy groups -OCH3 is 1. The van der Waals surface area contributed by atoms with Crippen molar-refractivity contribution in [3.8, 4) is 11.5 Å². The van der Waals surface area contributed by atoms with Crippen molar-refractivity contribution in [2.75, 3.05) is 20.2 Å². The average molecular weight is 696 g/mol. The zero-order valence-electron chi connectivity index (χ0n) is 28.7. The molecular weight excluding hydrogens is 650 g/mol. The van der Waals surface area contributed by atoms with Crippen molar-refractivity contribution in [2.24, 2.45) is 7.05 Å². The smallest absolute Gasteiger partial charge is 0.407 e. The minimum atomic E-state index is -3.45. The van der Waals surface area contributed by atoms with Gasteiger partial charge in [0.15, 0.2) is 0 Å². The Kier molecular flexibility index (Phi) is 10.7. The summed E-state index contributed by atoms with van der Waals surface area (Å²) in [6.45, 7) is 8.18. The van der Waals surface area contributed by atoms with Gasteiger partial charge in [-0.15, -0.1) is 15.9 Å². The second-order valence-electron chi connectivity index (χ2n) is 13.3. The van der Waals surface area contributed by atoms with Crippen LogP contribution in [0.15, 0.2) is 59.5 Å². The lowest BCUT2D eigenvalue weighted by molar-refractivity contribution is -0.137. The summed E-state index contributed by atoms with van der Waals surface area (Å²) in [6.07, 6.45) is 0.311. The highest BCUT2D eigenvalue weighted by Crippen LogP contribution is 2.57. The fraction of sp³-hybridized carbons (Fsp3) is 0.429. The molecule has 13 nitrogen and oxygen atoms in total. The number of hydrogen-bond acceptors (Lipinski definition) is 10. The number of aromatic nitrogens is 3. The van der Waals surface area contributed by atoms with E-state index in [0.717, 1.165) is 22.3 Å². The van der Waals surface area contributed by atoms with Crippen molar-refractivity contribution >= 4 is 33.9 Å². The van der Waals surface area contributed by atoms with Gasteiger partial charge in [0.2, 0.25) is 0 Å². The summed E-state index contributed by atoms with van der Waals surface area (Å²) in [5.41, 5.74) is 3.93. The van der Waals surface area contributed by atoms with E-state index in [1.165, 1.54) is 0 Å². The number of carbonyl (C=O) groups excluding carboxylic acids is 1. The van der Waals surface area contributed by atoms with Crippen molar-refractivity contribution in [3.05, 3.63) is 76.9 Å². The molecule has 0 saturated carbocycles. The number of nitrogens with zero attached hydrogens (tertiary/aromatic N) is 4. The highest BCUT2D eigenvalue weighted by Gasteiger charge is 2.34. The zero-order valence-corrected chi connectivity index (χ0v) is 29.5. The predicted octanol–water partition coefficient (Wildman–Crippen LogP) is 6.35. The predicted molar refractivity (Wildman–Crippen MR) is 186 cm³/mol. The van der Waals surface area contributed by atoms with Gasteiger partial charge in [-0.2, -0.15) is 4.31 Å². The number of fused-ring (bicyclic) bond motifs is 2. The van der Waals surface area contributed by atoms with Crippen LogP contribution in [-0.2, 0) is 29.5 Å². The van der Waals surface area contributed by atoms with Crippen LogP contribution in [-0.4, -0.2) is 77.5 Å². The van der Waals surface area contributed by atoms with Gasteiger partial charge in [0.25, 0.3) is 0 Å². The second kappa shape index (κ2) is 14.6. The molecule has 0 radical (unpaired) electrons. The van der Waals surface area contributed by atoms with E-state index < -0.39 is 34.4 Å². The Bertz CT molecular complexity index is 1820. The number of amides is 1. The monoisotopic (exact) mass is 695 g/mol. The molecule has 1 aromatic heterocycles. The maximum absolute atomic E-state index is 12.1. The fourth-order valence-electron chi connectivity index (χ4n) is 6.01. The summed E-state index contributed by atoms with van der Waals surface area (Å²) in [5, 5.41) is 20.9. The van der Waals surface area contributed by atoms with Gasteiger partial charge >= 0.3 is 12.1 Å². The van der Waals surface area contributed by atoms with Crippen LogP contribution in [0.3, 0.4) is 0 Å². The average Bonchev–Trinajstić information content (AvgIpc) is 3.36. The lowest BCUT2D eigenvalue weighted by Crippen LogP contribution is -2.33. The molecule has 2 atom stereocenters. The maximum atomic E-state index is 12.1. The number of ether oxygens (including phenoxy) is 3. The number of aliphatic carboxylic acids is 1. The molecule has 14 heteroatoms. The van der Waals surface area contributed by atoms with E-state index in [1.807, 2.05) is 76.2 Å². The molecule has 49 heavy (non-hydrogen) atoms. The molecule has 4 N–H and O–H groups in total. The number of nitrogens with one attached hydrogen (secondary N) is 1. The molecule has 1 aliphatic heterocycles. The van der Waals surface area contributed by atoms with E-state index >= 15 is 0 Å². The van der Waals surface area contributed by atoms with Crippen LogP contribution in [0.2, 0.25) is 0 Å². The number of aryl methyl sites for hydroxylation is 2. The Balaban J connectivity index is 1.35. The molecule has 5 rings (SSSR count). The highest BCUT2D eigenvalue weighted by atomic mass is 32.3. The summed E-state index contributed by atoms with van der Waals surface area (Å²) in [6, 6.07) is 16.5. The van der Waals surface area contributed by atoms with Crippen molar-refractivity contribution in [2.45, 2.75) is 76.0 Å². The van der Waals surface area contributed by atoms with Crippen molar-refractivity contribution < 1.29 is 38.0 Å². The number of benzene rings is 3. The van der Waals surface area contributed by atoms with Gasteiger partial charge < -0.3 is 24.6 Å². The molecule has 1 aliphatic rings. The molecule has 0 aliphatic carbocycles. The van der Waals surface area contributed by atoms with E-state index in [1.54, 1.807) is 29.2 Å². The van der Waals surface area contributed by atoms with Gasteiger partial charge in [-0.05, 0) is 87.1 Å². The van der Waals surface area contributed by atoms with Gasteiger partial charge in [-0.3, -0.25) is 13.9 Å². The Morgan fingerprint density at radius 2 is 1.88 bits per heavy atom. The first-order chi connectivity index (χ1) is 23.1. The minimum Gasteiger partial charge on any atom is -0.494 e. The van der Waals surface area contributed by atoms with Crippen LogP contribution in [0, 0.1) is 0 Å². The maximum Gasteiger partial charge on any atom is 0.407 e. The molecule has 4 aromatic rings. The molecule has 1 amide bonds. The fourth-order valence-corrected chi connectivity index (χ4v) is 7.66. The lowest BCUT2D eigenvalue weighted by atomic mass is 9.87. The summed E-state index contributed by atoms with van der Waals surface area (Å²) in [7, 11) is -0.135. The Morgan fingerprint density at radius 1 is 1.10 bits per heavy atom. The van der Waals surface area contributed by atoms with Crippen LogP contribution in [0.25, 0.3) is 11.0 Å². The summed E-state index contributed by atoms with van der Waals surface area (Å²) in [5.74, 6) is -0.533. The molecule has 0 spiro atoms. The van der Waals surface area contributed by atoms with Crippen molar-refractivity contribution in [1.82, 2.24) is 24.6 Å². The molecule has 3 aromatic carbocycles. The quantitative estimate of drug-likeness (QED) is 0.129. The van der Waals surface area contributed by atoms with Crippen LogP contribution in [0.5, 0.6) is 11.5 Å². The number of rotatable bonds is 11. The third-order valence-corrected chi connectivity index (χ3v) is 10.1. The van der Waals surface area contributed by atoms with Crippen LogP contribution in [0.4, 0.5) is 4.79 Å². The van der Waals surface area contributed by atoms with E-state index in [2.05, 4.69) is 15.6 Å². The number of carboxylic acids is 1. The van der Waals surface area contributed by atoms with Gasteiger partial charge in [-0.25, -0.2) is 9.48 Å². The first kappa shape index (κ1) is 35.9. The normalized spacial score (nSPS) is 17.3. The Hall–Kier alpha value is -4.37. The number of hydrogen-bond donors (Lipinski definition) is 4. The van der Waals surface area contributed by atoms with E-state index in [4.69, 9.17) is 14.2 Å². The van der Waals surface area contributed by atoms with Crippen molar-refractivity contribution in [1.29, 1.82) is 0 Å². The molecule has 2 heterocycles. The minimum absolute atomic E-state index is 0.172. The SMILES string of the molecule is COc1cc(C(CC(=O)O)c2cccc(CN3CC(C)Oc4cc(CCCNC(=O)OC(C)(C)C)ccc4S3(O)O)c2)cc2nnn(C)c12.